The fourth-order valence-corrected chi connectivity index (χ4v) is 4.00. The maximum Gasteiger partial charge on any atom is 0.223 e. The Labute approximate surface area is 163 Å². The Morgan fingerprint density at radius 2 is 2.14 bits per heavy atom. The molecule has 0 unspecified atom stereocenters. The number of carbonyl (C=O) groups excluding carboxylic acids is 2. The van der Waals surface area contributed by atoms with Crippen molar-refractivity contribution in [3.05, 3.63) is 53.2 Å². The summed E-state index contributed by atoms with van der Waals surface area (Å²) < 4.78 is 5.63. The van der Waals surface area contributed by atoms with Gasteiger partial charge in [0.25, 0.3) is 0 Å². The van der Waals surface area contributed by atoms with Crippen LogP contribution in [0.3, 0.4) is 0 Å². The smallest absolute Gasteiger partial charge is 0.223 e. The van der Waals surface area contributed by atoms with Gasteiger partial charge in [-0.2, -0.15) is 0 Å². The first-order valence-corrected chi connectivity index (χ1v) is 9.84. The molecule has 3 aromatic rings. The molecule has 0 saturated carbocycles. The number of likely N-dealkylation sites (tertiary alicyclic amines) is 1. The van der Waals surface area contributed by atoms with Gasteiger partial charge in [0.05, 0.1) is 16.6 Å². The molecule has 1 aromatic carbocycles. The normalized spacial score (nSPS) is 17.2. The predicted octanol–water partition coefficient (Wildman–Crippen LogP) is 4.01. The van der Waals surface area contributed by atoms with Crippen LogP contribution in [-0.4, -0.2) is 39.6 Å². The second-order valence-corrected chi connectivity index (χ2v) is 7.56. The van der Waals surface area contributed by atoms with Gasteiger partial charge in [0.2, 0.25) is 5.91 Å². The monoisotopic (exact) mass is 379 g/mol. The van der Waals surface area contributed by atoms with Crippen LogP contribution in [0.15, 0.2) is 34.7 Å². The lowest BCUT2D eigenvalue weighted by molar-refractivity contribution is -0.132. The van der Waals surface area contributed by atoms with Crippen LogP contribution in [0.1, 0.15) is 59.8 Å². The quantitative estimate of drug-likeness (QED) is 0.680. The van der Waals surface area contributed by atoms with E-state index >= 15 is 0 Å². The van der Waals surface area contributed by atoms with Gasteiger partial charge in [0.15, 0.2) is 5.78 Å². The molecule has 146 valence electrons. The Morgan fingerprint density at radius 1 is 1.32 bits per heavy atom. The first kappa shape index (κ1) is 18.5. The third kappa shape index (κ3) is 3.72. The molecule has 1 saturated heterocycles. The number of imidazole rings is 1. The van der Waals surface area contributed by atoms with Gasteiger partial charge in [-0.25, -0.2) is 4.98 Å². The maximum absolute atomic E-state index is 12.7. The van der Waals surface area contributed by atoms with Crippen molar-refractivity contribution < 1.29 is 14.0 Å². The molecule has 1 N–H and O–H groups in total. The van der Waals surface area contributed by atoms with Crippen molar-refractivity contribution in [3.8, 4) is 0 Å². The summed E-state index contributed by atoms with van der Waals surface area (Å²) >= 11 is 0. The standard InChI is InChI=1S/C22H25N3O3/c1-14(26)18-12-17(28-15(18)2)9-10-21(27)25-11-5-6-16(13-25)22-23-19-7-3-4-8-20(19)24-22/h3-4,7-8,12,16H,5-6,9-11,13H2,1-2H3,(H,23,24)/t16-/m1/s1. The van der Waals surface area contributed by atoms with Crippen LogP contribution in [0, 0.1) is 6.92 Å². The third-order valence-electron chi connectivity index (χ3n) is 5.50. The minimum atomic E-state index is -0.0106. The molecule has 1 fully saturated rings. The second kappa shape index (κ2) is 7.62. The van der Waals surface area contributed by atoms with E-state index in [9.17, 15) is 9.59 Å². The summed E-state index contributed by atoms with van der Waals surface area (Å²) in [5.74, 6) is 2.63. The lowest BCUT2D eigenvalue weighted by atomic mass is 9.97. The second-order valence-electron chi connectivity index (χ2n) is 7.56. The number of H-pyrrole nitrogens is 1. The van der Waals surface area contributed by atoms with Crippen LogP contribution in [-0.2, 0) is 11.2 Å². The predicted molar refractivity (Wildman–Crippen MR) is 106 cm³/mol. The van der Waals surface area contributed by atoms with Gasteiger partial charge in [0, 0.05) is 31.8 Å². The number of amides is 1. The number of aryl methyl sites for hydroxylation is 2. The SMILES string of the molecule is CC(=O)c1cc(CCC(=O)N2CCC[C@@H](c3nc4ccccc4[nH]3)C2)oc1C. The molecule has 3 heterocycles. The molecule has 0 radical (unpaired) electrons. The van der Waals surface area contributed by atoms with E-state index in [-0.39, 0.29) is 17.6 Å². The maximum atomic E-state index is 12.7. The molecule has 0 bridgehead atoms. The number of aromatic nitrogens is 2. The summed E-state index contributed by atoms with van der Waals surface area (Å²) in [5, 5.41) is 0. The molecule has 0 spiro atoms. The lowest BCUT2D eigenvalue weighted by Gasteiger charge is -2.32. The van der Waals surface area contributed by atoms with Gasteiger partial charge in [-0.3, -0.25) is 9.59 Å². The number of hydrogen-bond acceptors (Lipinski definition) is 4. The van der Waals surface area contributed by atoms with E-state index in [4.69, 9.17) is 9.40 Å². The highest BCUT2D eigenvalue weighted by atomic mass is 16.3. The molecule has 6 heteroatoms. The largest absolute Gasteiger partial charge is 0.466 e. The van der Waals surface area contributed by atoms with Crippen molar-refractivity contribution in [1.29, 1.82) is 0 Å². The van der Waals surface area contributed by atoms with Crippen molar-refractivity contribution in [1.82, 2.24) is 14.9 Å². The Morgan fingerprint density at radius 3 is 2.89 bits per heavy atom. The zero-order chi connectivity index (χ0) is 19.7. The number of para-hydroxylation sites is 2. The van der Waals surface area contributed by atoms with Gasteiger partial charge in [0.1, 0.15) is 17.3 Å². The fraction of sp³-hybridized carbons (Fsp3) is 0.409. The van der Waals surface area contributed by atoms with Crippen LogP contribution >= 0.6 is 0 Å². The molecule has 1 atom stereocenters. The average molecular weight is 379 g/mol. The summed E-state index contributed by atoms with van der Waals surface area (Å²) in [5.41, 5.74) is 2.61. The first-order chi connectivity index (χ1) is 13.5. The van der Waals surface area contributed by atoms with Crippen LogP contribution in [0.25, 0.3) is 11.0 Å². The van der Waals surface area contributed by atoms with Crippen LogP contribution in [0.4, 0.5) is 0 Å². The minimum Gasteiger partial charge on any atom is -0.466 e. The third-order valence-corrected chi connectivity index (χ3v) is 5.50. The number of aromatic amines is 1. The number of carbonyl (C=O) groups is 2. The van der Waals surface area contributed by atoms with E-state index in [1.54, 1.807) is 13.0 Å². The fourth-order valence-electron chi connectivity index (χ4n) is 4.00. The van der Waals surface area contributed by atoms with Crippen molar-refractivity contribution in [2.45, 2.75) is 45.4 Å². The Bertz CT molecular complexity index is 984. The highest BCUT2D eigenvalue weighted by molar-refractivity contribution is 5.95. The molecular formula is C22H25N3O3. The zero-order valence-electron chi connectivity index (χ0n) is 16.3. The summed E-state index contributed by atoms with van der Waals surface area (Å²) in [6, 6.07) is 9.77. The van der Waals surface area contributed by atoms with E-state index in [1.807, 2.05) is 29.2 Å². The Kier molecular flexibility index (Phi) is 5.03. The lowest BCUT2D eigenvalue weighted by Crippen LogP contribution is -2.39. The molecule has 4 rings (SSSR count). The van der Waals surface area contributed by atoms with E-state index < -0.39 is 0 Å². The number of benzene rings is 1. The topological polar surface area (TPSA) is 79.2 Å². The Hall–Kier alpha value is -2.89. The molecule has 28 heavy (non-hydrogen) atoms. The molecule has 1 amide bonds. The number of rotatable bonds is 5. The number of fused-ring (bicyclic) bond motifs is 1. The highest BCUT2D eigenvalue weighted by Gasteiger charge is 2.26. The molecule has 1 aliphatic heterocycles. The van der Waals surface area contributed by atoms with Gasteiger partial charge in [-0.1, -0.05) is 12.1 Å². The number of nitrogens with one attached hydrogen (secondary N) is 1. The van der Waals surface area contributed by atoms with Crippen LogP contribution in [0.2, 0.25) is 0 Å². The first-order valence-electron chi connectivity index (χ1n) is 9.84. The molecule has 1 aliphatic rings. The van der Waals surface area contributed by atoms with Crippen LogP contribution < -0.4 is 0 Å². The van der Waals surface area contributed by atoms with E-state index in [0.29, 0.717) is 36.5 Å². The van der Waals surface area contributed by atoms with Crippen molar-refractivity contribution in [2.75, 3.05) is 13.1 Å². The number of Topliss-reactive ketones (excluding diaryl/α,β-unsaturated/α-hetero) is 1. The summed E-state index contributed by atoms with van der Waals surface area (Å²) in [4.78, 5) is 34.3. The Balaban J connectivity index is 1.39. The summed E-state index contributed by atoms with van der Waals surface area (Å²) in [7, 11) is 0. The van der Waals surface area contributed by atoms with E-state index in [0.717, 1.165) is 36.2 Å². The summed E-state index contributed by atoms with van der Waals surface area (Å²) in [6.07, 6.45) is 2.90. The molecule has 6 nitrogen and oxygen atoms in total. The van der Waals surface area contributed by atoms with Crippen LogP contribution in [0.5, 0.6) is 0 Å². The highest BCUT2D eigenvalue weighted by Crippen LogP contribution is 2.27. The van der Waals surface area contributed by atoms with Crippen molar-refractivity contribution in [2.24, 2.45) is 0 Å². The van der Waals surface area contributed by atoms with Gasteiger partial charge >= 0.3 is 0 Å². The number of hydrogen-bond donors (Lipinski definition) is 1. The molecular weight excluding hydrogens is 354 g/mol. The van der Waals surface area contributed by atoms with E-state index in [1.165, 1.54) is 6.92 Å². The van der Waals surface area contributed by atoms with E-state index in [2.05, 4.69) is 4.98 Å². The summed E-state index contributed by atoms with van der Waals surface area (Å²) in [6.45, 7) is 4.78. The number of ketones is 1. The number of nitrogens with zero attached hydrogens (tertiary/aromatic N) is 2. The molecule has 0 aliphatic carbocycles. The average Bonchev–Trinajstić information content (AvgIpc) is 3.29. The number of furan rings is 1. The zero-order valence-corrected chi connectivity index (χ0v) is 16.3. The van der Waals surface area contributed by atoms with Gasteiger partial charge < -0.3 is 14.3 Å². The van der Waals surface area contributed by atoms with Crippen molar-refractivity contribution >= 4 is 22.7 Å². The van der Waals surface area contributed by atoms with Crippen molar-refractivity contribution in [3.63, 3.8) is 0 Å². The van der Waals surface area contributed by atoms with Gasteiger partial charge in [-0.05, 0) is 44.9 Å². The van der Waals surface area contributed by atoms with Gasteiger partial charge in [-0.15, -0.1) is 0 Å². The number of piperidine rings is 1. The molecule has 2 aromatic heterocycles. The minimum absolute atomic E-state index is 0.0106.